The van der Waals surface area contributed by atoms with Crippen molar-refractivity contribution in [2.75, 3.05) is 18.0 Å². The summed E-state index contributed by atoms with van der Waals surface area (Å²) < 4.78 is 34.8. The van der Waals surface area contributed by atoms with E-state index in [-0.39, 0.29) is 29.8 Å². The molecular weight excluding hydrogens is 598 g/mol. The molecule has 1 aliphatic rings. The van der Waals surface area contributed by atoms with E-state index < -0.39 is 28.5 Å². The van der Waals surface area contributed by atoms with Gasteiger partial charge in [0.1, 0.15) is 18.3 Å². The SMILES string of the molecule is COc1cccc(CN(C(=O)CN(c2ccccc2)S(=O)(=O)c2ccc(C)cc2)C(Cc2ccccc2)C(=O)NC2CCCC2)c1. The van der Waals surface area contributed by atoms with E-state index >= 15 is 0 Å². The zero-order valence-corrected chi connectivity index (χ0v) is 27.2. The Balaban J connectivity index is 1.56. The van der Waals surface area contributed by atoms with Crippen molar-refractivity contribution in [1.82, 2.24) is 10.2 Å². The summed E-state index contributed by atoms with van der Waals surface area (Å²) in [5.41, 5.74) is 2.92. The molecule has 5 rings (SSSR count). The molecule has 0 aliphatic heterocycles. The zero-order chi connectivity index (χ0) is 32.5. The molecule has 0 radical (unpaired) electrons. The highest BCUT2D eigenvalue weighted by molar-refractivity contribution is 7.92. The average Bonchev–Trinajstić information content (AvgIpc) is 3.59. The van der Waals surface area contributed by atoms with E-state index in [2.05, 4.69) is 5.32 Å². The van der Waals surface area contributed by atoms with Gasteiger partial charge in [0.2, 0.25) is 11.8 Å². The van der Waals surface area contributed by atoms with Gasteiger partial charge < -0.3 is 15.0 Å². The minimum absolute atomic E-state index is 0.0438. The summed E-state index contributed by atoms with van der Waals surface area (Å²) >= 11 is 0. The van der Waals surface area contributed by atoms with Crippen LogP contribution in [0.25, 0.3) is 0 Å². The topological polar surface area (TPSA) is 96.0 Å². The molecule has 1 N–H and O–H groups in total. The summed E-state index contributed by atoms with van der Waals surface area (Å²) in [4.78, 5) is 30.3. The number of carbonyl (C=O) groups is 2. The van der Waals surface area contributed by atoms with Crippen molar-refractivity contribution >= 4 is 27.5 Å². The molecule has 1 fully saturated rings. The minimum Gasteiger partial charge on any atom is -0.497 e. The molecule has 1 atom stereocenters. The Hall–Kier alpha value is -4.63. The quantitative estimate of drug-likeness (QED) is 0.197. The van der Waals surface area contributed by atoms with E-state index in [9.17, 15) is 18.0 Å². The molecule has 240 valence electrons. The number of sulfonamides is 1. The highest BCUT2D eigenvalue weighted by atomic mass is 32.2. The maximum atomic E-state index is 14.6. The smallest absolute Gasteiger partial charge is 0.264 e. The van der Waals surface area contributed by atoms with Crippen LogP contribution in [-0.2, 0) is 32.6 Å². The molecule has 8 nitrogen and oxygen atoms in total. The van der Waals surface area contributed by atoms with Crippen molar-refractivity contribution in [3.05, 3.63) is 126 Å². The van der Waals surface area contributed by atoms with Gasteiger partial charge in [0.15, 0.2) is 0 Å². The summed E-state index contributed by atoms with van der Waals surface area (Å²) in [6, 6.07) is 31.2. The van der Waals surface area contributed by atoms with Gasteiger partial charge in [0.05, 0.1) is 17.7 Å². The predicted octanol–water partition coefficient (Wildman–Crippen LogP) is 5.90. The number of hydrogen-bond acceptors (Lipinski definition) is 5. The number of aryl methyl sites for hydroxylation is 1. The van der Waals surface area contributed by atoms with Crippen LogP contribution in [0, 0.1) is 6.92 Å². The summed E-state index contributed by atoms with van der Waals surface area (Å²) in [7, 11) is -2.57. The highest BCUT2D eigenvalue weighted by Crippen LogP contribution is 2.26. The zero-order valence-electron chi connectivity index (χ0n) is 26.3. The second-order valence-corrected chi connectivity index (χ2v) is 13.6. The summed E-state index contributed by atoms with van der Waals surface area (Å²) in [5, 5.41) is 3.20. The van der Waals surface area contributed by atoms with E-state index in [1.807, 2.05) is 61.5 Å². The van der Waals surface area contributed by atoms with Gasteiger partial charge in [0, 0.05) is 19.0 Å². The standard InChI is InChI=1S/C37H41N3O5S/c1-28-20-22-34(23-21-28)46(43,44)40(32-17-7-4-8-18-32)27-36(41)39(26-30-14-11-19-33(24-30)45-2)35(25-29-12-5-3-6-13-29)37(42)38-31-15-9-10-16-31/h3-8,11-14,17-24,31,35H,9-10,15-16,25-27H2,1-2H3,(H,38,42). The first-order valence-corrected chi connectivity index (χ1v) is 17.1. The van der Waals surface area contributed by atoms with Crippen LogP contribution in [0.5, 0.6) is 5.75 Å². The lowest BCUT2D eigenvalue weighted by Gasteiger charge is -2.34. The van der Waals surface area contributed by atoms with Crippen LogP contribution in [-0.4, -0.2) is 50.9 Å². The maximum absolute atomic E-state index is 14.6. The van der Waals surface area contributed by atoms with Gasteiger partial charge in [-0.2, -0.15) is 0 Å². The van der Waals surface area contributed by atoms with Crippen molar-refractivity contribution in [3.8, 4) is 5.75 Å². The van der Waals surface area contributed by atoms with Crippen LogP contribution in [0.2, 0.25) is 0 Å². The van der Waals surface area contributed by atoms with Crippen LogP contribution in [0.1, 0.15) is 42.4 Å². The Morgan fingerprint density at radius 2 is 1.48 bits per heavy atom. The summed E-state index contributed by atoms with van der Waals surface area (Å²) in [5.74, 6) is -0.128. The van der Waals surface area contributed by atoms with Crippen molar-refractivity contribution in [3.63, 3.8) is 0 Å². The van der Waals surface area contributed by atoms with Crippen molar-refractivity contribution < 1.29 is 22.7 Å². The molecule has 0 heterocycles. The Labute approximate surface area is 272 Å². The molecule has 2 amide bonds. The second-order valence-electron chi connectivity index (χ2n) is 11.7. The Bertz CT molecular complexity index is 1710. The molecule has 0 aromatic heterocycles. The first-order chi connectivity index (χ1) is 22.2. The second kappa shape index (κ2) is 15.1. The van der Waals surface area contributed by atoms with Gasteiger partial charge in [-0.05, 0) is 67.3 Å². The first-order valence-electron chi connectivity index (χ1n) is 15.7. The van der Waals surface area contributed by atoms with Crippen molar-refractivity contribution in [2.45, 2.75) is 62.6 Å². The van der Waals surface area contributed by atoms with E-state index in [1.54, 1.807) is 61.7 Å². The van der Waals surface area contributed by atoms with E-state index in [0.717, 1.165) is 46.7 Å². The van der Waals surface area contributed by atoms with Crippen LogP contribution >= 0.6 is 0 Å². The fraction of sp³-hybridized carbons (Fsp3) is 0.297. The van der Waals surface area contributed by atoms with Gasteiger partial charge in [-0.15, -0.1) is 0 Å². The maximum Gasteiger partial charge on any atom is 0.264 e. The third kappa shape index (κ3) is 8.14. The van der Waals surface area contributed by atoms with E-state index in [4.69, 9.17) is 4.74 Å². The number of carbonyl (C=O) groups excluding carboxylic acids is 2. The number of para-hydroxylation sites is 1. The predicted molar refractivity (Wildman–Crippen MR) is 180 cm³/mol. The molecule has 9 heteroatoms. The van der Waals surface area contributed by atoms with Crippen LogP contribution in [0.4, 0.5) is 5.69 Å². The molecule has 4 aromatic carbocycles. The van der Waals surface area contributed by atoms with Crippen LogP contribution in [0.15, 0.2) is 114 Å². The van der Waals surface area contributed by atoms with Crippen molar-refractivity contribution in [2.24, 2.45) is 0 Å². The van der Waals surface area contributed by atoms with Gasteiger partial charge in [-0.3, -0.25) is 13.9 Å². The van der Waals surface area contributed by atoms with Gasteiger partial charge >= 0.3 is 0 Å². The number of nitrogens with one attached hydrogen (secondary N) is 1. The molecule has 1 saturated carbocycles. The Kier molecular flexibility index (Phi) is 10.8. The largest absolute Gasteiger partial charge is 0.497 e. The van der Waals surface area contributed by atoms with Crippen molar-refractivity contribution in [1.29, 1.82) is 0 Å². The number of rotatable bonds is 13. The average molecular weight is 640 g/mol. The number of benzene rings is 4. The number of nitrogens with zero attached hydrogens (tertiary/aromatic N) is 2. The third-order valence-electron chi connectivity index (χ3n) is 8.39. The molecule has 46 heavy (non-hydrogen) atoms. The van der Waals surface area contributed by atoms with Gasteiger partial charge in [-0.25, -0.2) is 8.42 Å². The van der Waals surface area contributed by atoms with Gasteiger partial charge in [-0.1, -0.05) is 91.2 Å². The Morgan fingerprint density at radius 1 is 0.848 bits per heavy atom. The molecular formula is C37H41N3O5S. The van der Waals surface area contributed by atoms with Gasteiger partial charge in [0.25, 0.3) is 10.0 Å². The summed E-state index contributed by atoms with van der Waals surface area (Å²) in [6.45, 7) is 1.47. The fourth-order valence-corrected chi connectivity index (χ4v) is 7.26. The molecule has 4 aromatic rings. The van der Waals surface area contributed by atoms with Crippen LogP contribution < -0.4 is 14.4 Å². The van der Waals surface area contributed by atoms with Crippen LogP contribution in [0.3, 0.4) is 0 Å². The molecule has 0 bridgehead atoms. The lowest BCUT2D eigenvalue weighted by atomic mass is 10.0. The number of ether oxygens (including phenoxy) is 1. The van der Waals surface area contributed by atoms with E-state index in [0.29, 0.717) is 11.4 Å². The minimum atomic E-state index is -4.14. The number of anilines is 1. The monoisotopic (exact) mass is 639 g/mol. The number of methoxy groups -OCH3 is 1. The van der Waals surface area contributed by atoms with E-state index in [1.165, 1.54) is 4.90 Å². The fourth-order valence-electron chi connectivity index (χ4n) is 5.85. The summed E-state index contributed by atoms with van der Waals surface area (Å²) in [6.07, 6.45) is 4.15. The third-order valence-corrected chi connectivity index (χ3v) is 10.2. The molecule has 0 spiro atoms. The lowest BCUT2D eigenvalue weighted by molar-refractivity contribution is -0.140. The molecule has 1 unspecified atom stereocenters. The first kappa shape index (κ1) is 32.8. The highest BCUT2D eigenvalue weighted by Gasteiger charge is 2.35. The molecule has 1 aliphatic carbocycles. The number of hydrogen-bond donors (Lipinski definition) is 1. The number of amides is 2. The Morgan fingerprint density at radius 3 is 2.13 bits per heavy atom. The molecule has 0 saturated heterocycles. The lowest BCUT2D eigenvalue weighted by Crippen LogP contribution is -2.54. The normalized spacial score (nSPS) is 14.0.